The largest absolute Gasteiger partial charge is 0.445 e. The van der Waals surface area contributed by atoms with Crippen molar-refractivity contribution in [2.45, 2.75) is 18.3 Å². The Kier molecular flexibility index (Phi) is 3.72. The van der Waals surface area contributed by atoms with Gasteiger partial charge in [0.25, 0.3) is 0 Å². The van der Waals surface area contributed by atoms with Crippen LogP contribution in [-0.2, 0) is 11.3 Å². The second-order valence-electron chi connectivity index (χ2n) is 3.93. The van der Waals surface area contributed by atoms with Crippen molar-refractivity contribution in [2.75, 3.05) is 13.1 Å². The highest BCUT2D eigenvalue weighted by Crippen LogP contribution is 2.15. The summed E-state index contributed by atoms with van der Waals surface area (Å²) in [6.45, 7) is 1.78. The van der Waals surface area contributed by atoms with Gasteiger partial charge in [0.05, 0.1) is 0 Å². The lowest BCUT2D eigenvalue weighted by Crippen LogP contribution is -2.29. The van der Waals surface area contributed by atoms with Crippen LogP contribution in [0.5, 0.6) is 0 Å². The average molecular weight is 237 g/mol. The number of carbonyl (C=O) groups is 1. The van der Waals surface area contributed by atoms with Crippen molar-refractivity contribution in [3.8, 4) is 0 Å². The molecule has 0 aliphatic carbocycles. The lowest BCUT2D eigenvalue weighted by atomic mass is 10.2. The van der Waals surface area contributed by atoms with Crippen LogP contribution in [0.25, 0.3) is 0 Å². The first-order valence-corrected chi connectivity index (χ1v) is 5.91. The zero-order valence-corrected chi connectivity index (χ0v) is 9.90. The van der Waals surface area contributed by atoms with E-state index < -0.39 is 0 Å². The van der Waals surface area contributed by atoms with E-state index in [1.165, 1.54) is 0 Å². The first-order chi connectivity index (χ1) is 7.75. The van der Waals surface area contributed by atoms with Gasteiger partial charge < -0.3 is 9.64 Å². The third-order valence-corrected chi connectivity index (χ3v) is 3.05. The van der Waals surface area contributed by atoms with Crippen LogP contribution >= 0.6 is 12.6 Å². The Hall–Kier alpha value is -1.16. The molecule has 0 bridgehead atoms. The normalized spacial score (nSPS) is 19.8. The fraction of sp³-hybridized carbons (Fsp3) is 0.417. The molecule has 1 aromatic carbocycles. The Morgan fingerprint density at radius 1 is 1.44 bits per heavy atom. The summed E-state index contributed by atoms with van der Waals surface area (Å²) in [6.07, 6.45) is 0.712. The van der Waals surface area contributed by atoms with E-state index in [4.69, 9.17) is 4.74 Å². The maximum atomic E-state index is 11.6. The van der Waals surface area contributed by atoms with Gasteiger partial charge in [0.1, 0.15) is 6.61 Å². The summed E-state index contributed by atoms with van der Waals surface area (Å²) in [5.41, 5.74) is 1.01. The van der Waals surface area contributed by atoms with Crippen LogP contribution in [0.1, 0.15) is 12.0 Å². The smallest absolute Gasteiger partial charge is 0.410 e. The van der Waals surface area contributed by atoms with E-state index in [9.17, 15) is 4.79 Å². The van der Waals surface area contributed by atoms with Gasteiger partial charge in [-0.2, -0.15) is 12.6 Å². The maximum absolute atomic E-state index is 11.6. The molecule has 0 saturated carbocycles. The maximum Gasteiger partial charge on any atom is 0.410 e. The molecule has 1 fully saturated rings. The molecule has 1 heterocycles. The van der Waals surface area contributed by atoms with Gasteiger partial charge in [0, 0.05) is 18.3 Å². The summed E-state index contributed by atoms with van der Waals surface area (Å²) < 4.78 is 5.21. The minimum absolute atomic E-state index is 0.236. The fourth-order valence-electron chi connectivity index (χ4n) is 1.72. The van der Waals surface area contributed by atoms with Crippen molar-refractivity contribution in [3.05, 3.63) is 35.9 Å². The summed E-state index contributed by atoms with van der Waals surface area (Å²) in [7, 11) is 0. The zero-order valence-electron chi connectivity index (χ0n) is 9.00. The lowest BCUT2D eigenvalue weighted by Gasteiger charge is -2.15. The Morgan fingerprint density at radius 2 is 2.19 bits per heavy atom. The molecular weight excluding hydrogens is 222 g/mol. The van der Waals surface area contributed by atoms with Gasteiger partial charge in [0.2, 0.25) is 0 Å². The first-order valence-electron chi connectivity index (χ1n) is 5.39. The van der Waals surface area contributed by atoms with Gasteiger partial charge >= 0.3 is 6.09 Å². The van der Waals surface area contributed by atoms with Crippen molar-refractivity contribution in [1.29, 1.82) is 0 Å². The molecule has 0 N–H and O–H groups in total. The van der Waals surface area contributed by atoms with E-state index >= 15 is 0 Å². The van der Waals surface area contributed by atoms with Crippen LogP contribution in [-0.4, -0.2) is 29.3 Å². The number of likely N-dealkylation sites (tertiary alicyclic amines) is 1. The van der Waals surface area contributed by atoms with Gasteiger partial charge in [0.15, 0.2) is 0 Å². The molecule has 1 saturated heterocycles. The monoisotopic (exact) mass is 237 g/mol. The summed E-state index contributed by atoms with van der Waals surface area (Å²) in [4.78, 5) is 13.3. The van der Waals surface area contributed by atoms with Gasteiger partial charge in [-0.1, -0.05) is 30.3 Å². The molecule has 86 valence electrons. The predicted octanol–water partition coefficient (Wildman–Crippen LogP) is 2.33. The average Bonchev–Trinajstić information content (AvgIpc) is 2.74. The number of hydrogen-bond donors (Lipinski definition) is 1. The Bertz CT molecular complexity index is 355. The van der Waals surface area contributed by atoms with Gasteiger partial charge in [-0.05, 0) is 12.0 Å². The van der Waals surface area contributed by atoms with E-state index in [1.54, 1.807) is 4.90 Å². The van der Waals surface area contributed by atoms with Crippen LogP contribution in [0, 0.1) is 0 Å². The third-order valence-electron chi connectivity index (χ3n) is 2.63. The molecular formula is C12H15NO2S. The van der Waals surface area contributed by atoms with E-state index in [2.05, 4.69) is 12.6 Å². The number of thiol groups is 1. The Balaban J connectivity index is 1.80. The highest BCUT2D eigenvalue weighted by atomic mass is 32.1. The van der Waals surface area contributed by atoms with Crippen LogP contribution in [0.15, 0.2) is 30.3 Å². The van der Waals surface area contributed by atoms with Crippen LogP contribution < -0.4 is 0 Å². The molecule has 1 unspecified atom stereocenters. The molecule has 0 spiro atoms. The number of carbonyl (C=O) groups excluding carboxylic acids is 1. The minimum atomic E-state index is -0.236. The van der Waals surface area contributed by atoms with Gasteiger partial charge in [-0.25, -0.2) is 4.79 Å². The van der Waals surface area contributed by atoms with Crippen molar-refractivity contribution in [2.24, 2.45) is 0 Å². The minimum Gasteiger partial charge on any atom is -0.445 e. The molecule has 3 nitrogen and oxygen atoms in total. The fourth-order valence-corrected chi connectivity index (χ4v) is 2.03. The van der Waals surface area contributed by atoms with Crippen LogP contribution in [0.4, 0.5) is 4.79 Å². The van der Waals surface area contributed by atoms with E-state index in [1.807, 2.05) is 30.3 Å². The molecule has 1 aliphatic heterocycles. The van der Waals surface area contributed by atoms with Crippen molar-refractivity contribution < 1.29 is 9.53 Å². The van der Waals surface area contributed by atoms with Crippen molar-refractivity contribution in [1.82, 2.24) is 4.90 Å². The first kappa shape index (κ1) is 11.3. The summed E-state index contributed by atoms with van der Waals surface area (Å²) in [6, 6.07) is 9.69. The molecule has 0 aromatic heterocycles. The predicted molar refractivity (Wildman–Crippen MR) is 65.6 cm³/mol. The summed E-state index contributed by atoms with van der Waals surface area (Å²) in [5, 5.41) is 0.296. The molecule has 1 aliphatic rings. The SMILES string of the molecule is O=C(OCc1ccccc1)N1CCC(S)C1. The number of benzene rings is 1. The van der Waals surface area contributed by atoms with E-state index in [-0.39, 0.29) is 6.09 Å². The van der Waals surface area contributed by atoms with Crippen LogP contribution in [0.3, 0.4) is 0 Å². The second kappa shape index (κ2) is 5.25. The quantitative estimate of drug-likeness (QED) is 0.800. The van der Waals surface area contributed by atoms with E-state index in [0.29, 0.717) is 18.4 Å². The lowest BCUT2D eigenvalue weighted by molar-refractivity contribution is 0.104. The Morgan fingerprint density at radius 3 is 2.81 bits per heavy atom. The molecule has 16 heavy (non-hydrogen) atoms. The number of ether oxygens (including phenoxy) is 1. The highest BCUT2D eigenvalue weighted by Gasteiger charge is 2.24. The zero-order chi connectivity index (χ0) is 11.4. The summed E-state index contributed by atoms with van der Waals surface area (Å²) in [5.74, 6) is 0. The Labute approximate surface area is 101 Å². The number of amides is 1. The molecule has 1 atom stereocenters. The second-order valence-corrected chi connectivity index (χ2v) is 4.66. The summed E-state index contributed by atoms with van der Waals surface area (Å²) >= 11 is 4.33. The van der Waals surface area contributed by atoms with E-state index in [0.717, 1.165) is 18.5 Å². The standard InChI is InChI=1S/C12H15NO2S/c14-12(13-7-6-11(16)8-13)15-9-10-4-2-1-3-5-10/h1-5,11,16H,6-9H2. The van der Waals surface area contributed by atoms with Crippen LogP contribution in [0.2, 0.25) is 0 Å². The number of nitrogens with zero attached hydrogens (tertiary/aromatic N) is 1. The molecule has 4 heteroatoms. The topological polar surface area (TPSA) is 29.5 Å². The van der Waals surface area contributed by atoms with Crippen molar-refractivity contribution >= 4 is 18.7 Å². The highest BCUT2D eigenvalue weighted by molar-refractivity contribution is 7.81. The third kappa shape index (κ3) is 2.92. The number of rotatable bonds is 2. The molecule has 1 aromatic rings. The van der Waals surface area contributed by atoms with Gasteiger partial charge in [-0.3, -0.25) is 0 Å². The van der Waals surface area contributed by atoms with Crippen molar-refractivity contribution in [3.63, 3.8) is 0 Å². The molecule has 1 amide bonds. The van der Waals surface area contributed by atoms with Gasteiger partial charge in [-0.15, -0.1) is 0 Å². The molecule has 0 radical (unpaired) electrons. The number of hydrogen-bond acceptors (Lipinski definition) is 3. The molecule has 2 rings (SSSR count).